The highest BCUT2D eigenvalue weighted by Gasteiger charge is 2.20. The van der Waals surface area contributed by atoms with Crippen molar-refractivity contribution in [1.29, 1.82) is 0 Å². The largest absolute Gasteiger partial charge is 0.390 e. The minimum atomic E-state index is -1.33. The van der Waals surface area contributed by atoms with E-state index in [-0.39, 0.29) is 17.0 Å². The van der Waals surface area contributed by atoms with Crippen LogP contribution in [0.15, 0.2) is 18.2 Å². The van der Waals surface area contributed by atoms with Crippen molar-refractivity contribution >= 4 is 17.5 Å². The number of amides is 1. The van der Waals surface area contributed by atoms with Crippen LogP contribution >= 0.6 is 11.6 Å². The van der Waals surface area contributed by atoms with Crippen LogP contribution in [0.3, 0.4) is 0 Å². The molecular formula is C10H11ClFNO3. The summed E-state index contributed by atoms with van der Waals surface area (Å²) in [5, 5.41) is 18.9. The zero-order valence-electron chi connectivity index (χ0n) is 8.23. The van der Waals surface area contributed by atoms with Gasteiger partial charge in [0, 0.05) is 0 Å². The molecule has 0 bridgehead atoms. The molecule has 1 aromatic rings. The van der Waals surface area contributed by atoms with E-state index in [1.807, 2.05) is 0 Å². The second-order valence-corrected chi connectivity index (χ2v) is 3.76. The summed E-state index contributed by atoms with van der Waals surface area (Å²) in [7, 11) is 0. The average molecular weight is 248 g/mol. The first-order chi connectivity index (χ1) is 7.41. The number of carbonyl (C=O) groups is 1. The number of carbonyl (C=O) groups excluding carboxylic acids is 1. The maximum Gasteiger partial charge on any atom is 0.220 e. The molecule has 0 heterocycles. The molecule has 88 valence electrons. The Bertz CT molecular complexity index is 400. The maximum absolute atomic E-state index is 12.8. The topological polar surface area (TPSA) is 83.6 Å². The van der Waals surface area contributed by atoms with E-state index in [9.17, 15) is 19.4 Å². The predicted octanol–water partition coefficient (Wildman–Crippen LogP) is 0.749. The molecule has 0 saturated carbocycles. The third-order valence-corrected chi connectivity index (χ3v) is 2.35. The number of primary amides is 1. The van der Waals surface area contributed by atoms with E-state index in [1.54, 1.807) is 0 Å². The van der Waals surface area contributed by atoms with Crippen molar-refractivity contribution < 1.29 is 19.4 Å². The molecule has 1 amide bonds. The van der Waals surface area contributed by atoms with Crippen molar-refractivity contribution in [2.75, 3.05) is 0 Å². The van der Waals surface area contributed by atoms with Gasteiger partial charge in [0.1, 0.15) is 11.9 Å². The Morgan fingerprint density at radius 3 is 2.62 bits per heavy atom. The summed E-state index contributed by atoms with van der Waals surface area (Å²) >= 11 is 5.51. The fourth-order valence-electron chi connectivity index (χ4n) is 1.24. The SMILES string of the molecule is NC(=O)CC(O)C(O)c1ccc(F)c(Cl)c1. The fraction of sp³-hybridized carbons (Fsp3) is 0.300. The number of hydrogen-bond acceptors (Lipinski definition) is 3. The minimum Gasteiger partial charge on any atom is -0.390 e. The Kier molecular flexibility index (Phi) is 4.23. The molecule has 6 heteroatoms. The Labute approximate surface area is 96.4 Å². The van der Waals surface area contributed by atoms with Gasteiger partial charge in [-0.1, -0.05) is 17.7 Å². The van der Waals surface area contributed by atoms with E-state index in [0.29, 0.717) is 0 Å². The summed E-state index contributed by atoms with van der Waals surface area (Å²) in [6.45, 7) is 0. The van der Waals surface area contributed by atoms with Crippen molar-refractivity contribution in [3.63, 3.8) is 0 Å². The quantitative estimate of drug-likeness (QED) is 0.734. The zero-order valence-corrected chi connectivity index (χ0v) is 8.99. The molecule has 4 N–H and O–H groups in total. The monoisotopic (exact) mass is 247 g/mol. The highest BCUT2D eigenvalue weighted by molar-refractivity contribution is 6.30. The van der Waals surface area contributed by atoms with Crippen LogP contribution in [0.1, 0.15) is 18.1 Å². The first-order valence-electron chi connectivity index (χ1n) is 4.51. The van der Waals surface area contributed by atoms with Crippen LogP contribution in [-0.4, -0.2) is 22.2 Å². The van der Waals surface area contributed by atoms with Gasteiger partial charge in [0.2, 0.25) is 5.91 Å². The van der Waals surface area contributed by atoms with Crippen LogP contribution in [0.25, 0.3) is 0 Å². The number of halogens is 2. The molecule has 0 aliphatic carbocycles. The highest BCUT2D eigenvalue weighted by Crippen LogP contribution is 2.23. The summed E-state index contributed by atoms with van der Waals surface area (Å²) in [4.78, 5) is 10.5. The summed E-state index contributed by atoms with van der Waals surface area (Å²) in [6.07, 6.45) is -3.04. The van der Waals surface area contributed by atoms with Crippen LogP contribution in [0.5, 0.6) is 0 Å². The molecule has 0 aliphatic heterocycles. The minimum absolute atomic E-state index is 0.164. The lowest BCUT2D eigenvalue weighted by Crippen LogP contribution is -2.25. The lowest BCUT2D eigenvalue weighted by Gasteiger charge is -2.17. The van der Waals surface area contributed by atoms with Gasteiger partial charge in [-0.15, -0.1) is 0 Å². The van der Waals surface area contributed by atoms with E-state index in [1.165, 1.54) is 12.1 Å². The van der Waals surface area contributed by atoms with Crippen molar-refractivity contribution in [2.24, 2.45) is 5.73 Å². The van der Waals surface area contributed by atoms with Gasteiger partial charge in [-0.25, -0.2) is 4.39 Å². The van der Waals surface area contributed by atoms with E-state index < -0.39 is 23.9 Å². The molecule has 16 heavy (non-hydrogen) atoms. The molecule has 0 aromatic heterocycles. The highest BCUT2D eigenvalue weighted by atomic mass is 35.5. The molecule has 0 aliphatic rings. The second-order valence-electron chi connectivity index (χ2n) is 3.36. The Hall–Kier alpha value is -1.17. The van der Waals surface area contributed by atoms with Crippen LogP contribution < -0.4 is 5.73 Å². The molecule has 1 rings (SSSR count). The molecule has 2 unspecified atom stereocenters. The fourth-order valence-corrected chi connectivity index (χ4v) is 1.43. The third-order valence-electron chi connectivity index (χ3n) is 2.06. The van der Waals surface area contributed by atoms with Gasteiger partial charge in [0.25, 0.3) is 0 Å². The molecule has 0 spiro atoms. The average Bonchev–Trinajstić information content (AvgIpc) is 2.20. The molecule has 0 saturated heterocycles. The smallest absolute Gasteiger partial charge is 0.220 e. The molecule has 2 atom stereocenters. The standard InChI is InChI=1S/C10H11ClFNO3/c11-6-3-5(1-2-7(6)12)10(16)8(14)4-9(13)15/h1-3,8,10,14,16H,4H2,(H2,13,15). The Morgan fingerprint density at radius 1 is 1.50 bits per heavy atom. The van der Waals surface area contributed by atoms with E-state index >= 15 is 0 Å². The molecule has 1 aromatic carbocycles. The van der Waals surface area contributed by atoms with Gasteiger partial charge in [-0.3, -0.25) is 4.79 Å². The van der Waals surface area contributed by atoms with Gasteiger partial charge < -0.3 is 15.9 Å². The van der Waals surface area contributed by atoms with Crippen LogP contribution in [0.2, 0.25) is 5.02 Å². The lowest BCUT2D eigenvalue weighted by atomic mass is 10.0. The summed E-state index contributed by atoms with van der Waals surface area (Å²) < 4.78 is 12.8. The van der Waals surface area contributed by atoms with E-state index in [4.69, 9.17) is 17.3 Å². The molecular weight excluding hydrogens is 237 g/mol. The van der Waals surface area contributed by atoms with Crippen LogP contribution in [-0.2, 0) is 4.79 Å². The second kappa shape index (κ2) is 5.25. The van der Waals surface area contributed by atoms with Gasteiger partial charge in [-0.05, 0) is 17.7 Å². The number of aliphatic hydroxyl groups is 2. The van der Waals surface area contributed by atoms with Crippen LogP contribution in [0, 0.1) is 5.82 Å². The first kappa shape index (κ1) is 12.9. The first-order valence-corrected chi connectivity index (χ1v) is 4.89. The number of aliphatic hydroxyl groups excluding tert-OH is 2. The Morgan fingerprint density at radius 2 is 2.12 bits per heavy atom. The van der Waals surface area contributed by atoms with Gasteiger partial charge in [0.05, 0.1) is 17.5 Å². The van der Waals surface area contributed by atoms with Gasteiger partial charge in [-0.2, -0.15) is 0 Å². The molecule has 0 radical (unpaired) electrons. The number of hydrogen-bond donors (Lipinski definition) is 3. The van der Waals surface area contributed by atoms with Crippen molar-refractivity contribution in [2.45, 2.75) is 18.6 Å². The van der Waals surface area contributed by atoms with Crippen molar-refractivity contribution in [3.05, 3.63) is 34.6 Å². The predicted molar refractivity (Wildman–Crippen MR) is 56.2 cm³/mol. The number of rotatable bonds is 4. The summed E-state index contributed by atoms with van der Waals surface area (Å²) in [5.74, 6) is -1.36. The lowest BCUT2D eigenvalue weighted by molar-refractivity contribution is -0.121. The number of benzene rings is 1. The number of nitrogens with two attached hydrogens (primary N) is 1. The maximum atomic E-state index is 12.8. The van der Waals surface area contributed by atoms with Crippen LogP contribution in [0.4, 0.5) is 4.39 Å². The van der Waals surface area contributed by atoms with Crippen molar-refractivity contribution in [3.8, 4) is 0 Å². The van der Waals surface area contributed by atoms with E-state index in [2.05, 4.69) is 0 Å². The molecule has 4 nitrogen and oxygen atoms in total. The molecule has 0 fully saturated rings. The third kappa shape index (κ3) is 3.16. The summed E-state index contributed by atoms with van der Waals surface area (Å²) in [6, 6.07) is 3.53. The van der Waals surface area contributed by atoms with Crippen molar-refractivity contribution in [1.82, 2.24) is 0 Å². The van der Waals surface area contributed by atoms with Gasteiger partial charge in [0.15, 0.2) is 0 Å². The Balaban J connectivity index is 2.83. The van der Waals surface area contributed by atoms with Gasteiger partial charge >= 0.3 is 0 Å². The normalized spacial score (nSPS) is 14.5. The zero-order chi connectivity index (χ0) is 12.3. The summed E-state index contributed by atoms with van der Waals surface area (Å²) in [5.41, 5.74) is 5.09. The van der Waals surface area contributed by atoms with E-state index in [0.717, 1.165) is 6.07 Å².